The zero-order chi connectivity index (χ0) is 19.9. The van der Waals surface area contributed by atoms with E-state index in [-0.39, 0.29) is 23.6 Å². The number of hydrogen-bond donors (Lipinski definition) is 2. The van der Waals surface area contributed by atoms with Crippen molar-refractivity contribution >= 4 is 21.9 Å². The van der Waals surface area contributed by atoms with Crippen LogP contribution in [-0.2, 0) is 19.6 Å². The second-order valence-corrected chi connectivity index (χ2v) is 7.22. The third-order valence-electron chi connectivity index (χ3n) is 3.44. The molecule has 2 aromatic carbocycles. The number of amides is 1. The number of aryl methyl sites for hydroxylation is 1. The van der Waals surface area contributed by atoms with E-state index in [1.807, 2.05) is 31.2 Å². The van der Waals surface area contributed by atoms with Crippen LogP contribution in [0.3, 0.4) is 0 Å². The molecule has 0 aliphatic heterocycles. The van der Waals surface area contributed by atoms with Gasteiger partial charge < -0.3 is 14.8 Å². The molecular weight excluding hydrogens is 372 g/mol. The number of rotatable bonds is 8. The number of carbonyl (C=O) groups excluding carboxylic acids is 2. The third kappa shape index (κ3) is 6.72. The minimum absolute atomic E-state index is 0.109. The molecule has 0 saturated heterocycles. The molecular formula is C18H20N2O6S. The molecule has 0 fully saturated rings. The average molecular weight is 392 g/mol. The van der Waals surface area contributed by atoms with Gasteiger partial charge in [0.25, 0.3) is 5.91 Å². The molecule has 2 aromatic rings. The monoisotopic (exact) mass is 392 g/mol. The number of esters is 1. The molecule has 27 heavy (non-hydrogen) atoms. The van der Waals surface area contributed by atoms with Gasteiger partial charge in [-0.1, -0.05) is 12.1 Å². The summed E-state index contributed by atoms with van der Waals surface area (Å²) >= 11 is 0. The third-order valence-corrected chi connectivity index (χ3v) is 4.36. The van der Waals surface area contributed by atoms with Gasteiger partial charge in [0.1, 0.15) is 12.4 Å². The van der Waals surface area contributed by atoms with Crippen LogP contribution in [0.5, 0.6) is 5.75 Å². The van der Waals surface area contributed by atoms with Crippen molar-refractivity contribution in [3.05, 3.63) is 59.7 Å². The van der Waals surface area contributed by atoms with Gasteiger partial charge in [-0.25, -0.2) is 18.4 Å². The molecule has 8 nitrogen and oxygen atoms in total. The standard InChI is InChI=1S/C18H20N2O6S/c1-13-3-2-4-15(11-13)25-10-9-20-17(21)12-26-18(22)14-5-7-16(8-6-14)27(19,23)24/h2-8,11H,9-10,12H2,1H3,(H,20,21)(H2,19,23,24). The summed E-state index contributed by atoms with van der Waals surface area (Å²) in [7, 11) is -3.83. The maximum atomic E-state index is 11.8. The smallest absolute Gasteiger partial charge is 0.338 e. The SMILES string of the molecule is Cc1cccc(OCCNC(=O)COC(=O)c2ccc(S(N)(=O)=O)cc2)c1. The summed E-state index contributed by atoms with van der Waals surface area (Å²) in [6.07, 6.45) is 0. The minimum Gasteiger partial charge on any atom is -0.492 e. The molecule has 0 unspecified atom stereocenters. The van der Waals surface area contributed by atoms with Crippen LogP contribution in [-0.4, -0.2) is 40.1 Å². The predicted octanol–water partition coefficient (Wildman–Crippen LogP) is 0.994. The number of sulfonamides is 1. The summed E-state index contributed by atoms with van der Waals surface area (Å²) < 4.78 is 32.7. The van der Waals surface area contributed by atoms with Crippen molar-refractivity contribution < 1.29 is 27.5 Å². The van der Waals surface area contributed by atoms with E-state index in [4.69, 9.17) is 14.6 Å². The fourth-order valence-electron chi connectivity index (χ4n) is 2.11. The Morgan fingerprint density at radius 1 is 1.11 bits per heavy atom. The molecule has 0 saturated carbocycles. The number of ether oxygens (including phenoxy) is 2. The molecule has 144 valence electrons. The molecule has 2 rings (SSSR count). The Morgan fingerprint density at radius 3 is 2.44 bits per heavy atom. The maximum Gasteiger partial charge on any atom is 0.338 e. The van der Waals surface area contributed by atoms with Gasteiger partial charge in [-0.3, -0.25) is 4.79 Å². The Morgan fingerprint density at radius 2 is 1.81 bits per heavy atom. The number of carbonyl (C=O) groups is 2. The van der Waals surface area contributed by atoms with Crippen LogP contribution in [0.15, 0.2) is 53.4 Å². The van der Waals surface area contributed by atoms with Crippen molar-refractivity contribution in [1.82, 2.24) is 5.32 Å². The number of nitrogens with one attached hydrogen (secondary N) is 1. The van der Waals surface area contributed by atoms with Crippen LogP contribution in [0, 0.1) is 6.92 Å². The molecule has 0 aromatic heterocycles. The zero-order valence-electron chi connectivity index (χ0n) is 14.7. The lowest BCUT2D eigenvalue weighted by Crippen LogP contribution is -2.32. The molecule has 0 bridgehead atoms. The van der Waals surface area contributed by atoms with Crippen LogP contribution in [0.25, 0.3) is 0 Å². The van der Waals surface area contributed by atoms with Gasteiger partial charge in [0.2, 0.25) is 10.0 Å². The van der Waals surface area contributed by atoms with E-state index in [1.54, 1.807) is 0 Å². The average Bonchev–Trinajstić information content (AvgIpc) is 2.63. The summed E-state index contributed by atoms with van der Waals surface area (Å²) in [4.78, 5) is 23.4. The normalized spacial score (nSPS) is 10.9. The van der Waals surface area contributed by atoms with E-state index in [0.29, 0.717) is 5.75 Å². The van der Waals surface area contributed by atoms with Crippen LogP contribution < -0.4 is 15.2 Å². The number of benzene rings is 2. The summed E-state index contributed by atoms with van der Waals surface area (Å²) in [5.41, 5.74) is 1.18. The summed E-state index contributed by atoms with van der Waals surface area (Å²) in [6, 6.07) is 12.4. The topological polar surface area (TPSA) is 125 Å². The fraction of sp³-hybridized carbons (Fsp3) is 0.222. The van der Waals surface area contributed by atoms with Crippen LogP contribution in [0.4, 0.5) is 0 Å². The summed E-state index contributed by atoms with van der Waals surface area (Å²) in [5, 5.41) is 7.54. The van der Waals surface area contributed by atoms with Crippen LogP contribution >= 0.6 is 0 Å². The van der Waals surface area contributed by atoms with E-state index in [0.717, 1.165) is 5.56 Å². The molecule has 0 spiro atoms. The molecule has 0 aliphatic carbocycles. The van der Waals surface area contributed by atoms with E-state index in [2.05, 4.69) is 5.32 Å². The van der Waals surface area contributed by atoms with Crippen LogP contribution in [0.2, 0.25) is 0 Å². The largest absolute Gasteiger partial charge is 0.492 e. The highest BCUT2D eigenvalue weighted by molar-refractivity contribution is 7.89. The Kier molecular flexibility index (Phi) is 6.91. The first kappa shape index (κ1) is 20.4. The van der Waals surface area contributed by atoms with Gasteiger partial charge in [0.15, 0.2) is 6.61 Å². The molecule has 1 amide bonds. The first-order valence-electron chi connectivity index (χ1n) is 8.02. The first-order chi connectivity index (χ1) is 12.8. The van der Waals surface area contributed by atoms with Gasteiger partial charge >= 0.3 is 5.97 Å². The molecule has 0 atom stereocenters. The van der Waals surface area contributed by atoms with Gasteiger partial charge in [0, 0.05) is 0 Å². The van der Waals surface area contributed by atoms with E-state index < -0.39 is 28.5 Å². The maximum absolute atomic E-state index is 11.8. The van der Waals surface area contributed by atoms with Gasteiger partial charge in [-0.2, -0.15) is 0 Å². The zero-order valence-corrected chi connectivity index (χ0v) is 15.5. The summed E-state index contributed by atoms with van der Waals surface area (Å²) in [6.45, 7) is 2.03. The van der Waals surface area contributed by atoms with Gasteiger partial charge in [-0.05, 0) is 48.9 Å². The quantitative estimate of drug-likeness (QED) is 0.510. The van der Waals surface area contributed by atoms with E-state index >= 15 is 0 Å². The van der Waals surface area contributed by atoms with Crippen molar-refractivity contribution in [1.29, 1.82) is 0 Å². The first-order valence-corrected chi connectivity index (χ1v) is 9.56. The predicted molar refractivity (Wildman–Crippen MR) is 97.8 cm³/mol. The lowest BCUT2D eigenvalue weighted by atomic mass is 10.2. The second-order valence-electron chi connectivity index (χ2n) is 5.66. The Balaban J connectivity index is 1.71. The van der Waals surface area contributed by atoms with E-state index in [9.17, 15) is 18.0 Å². The fourth-order valence-corrected chi connectivity index (χ4v) is 2.63. The minimum atomic E-state index is -3.83. The molecule has 9 heteroatoms. The molecule has 0 heterocycles. The van der Waals surface area contributed by atoms with Crippen molar-refractivity contribution in [3.8, 4) is 5.75 Å². The Hall–Kier alpha value is -2.91. The highest BCUT2D eigenvalue weighted by Gasteiger charge is 2.12. The Bertz CT molecular complexity index is 910. The van der Waals surface area contributed by atoms with Gasteiger partial charge in [-0.15, -0.1) is 0 Å². The lowest BCUT2D eigenvalue weighted by molar-refractivity contribution is -0.124. The highest BCUT2D eigenvalue weighted by atomic mass is 32.2. The highest BCUT2D eigenvalue weighted by Crippen LogP contribution is 2.12. The summed E-state index contributed by atoms with van der Waals surface area (Å²) in [5.74, 6) is -0.516. The Labute approximate surface area is 157 Å². The van der Waals surface area contributed by atoms with Crippen molar-refractivity contribution in [2.24, 2.45) is 5.14 Å². The second kappa shape index (κ2) is 9.15. The van der Waals surface area contributed by atoms with Crippen molar-refractivity contribution in [2.75, 3.05) is 19.8 Å². The van der Waals surface area contributed by atoms with Crippen LogP contribution in [0.1, 0.15) is 15.9 Å². The molecule has 0 radical (unpaired) electrons. The molecule has 3 N–H and O–H groups in total. The van der Waals surface area contributed by atoms with Crippen molar-refractivity contribution in [2.45, 2.75) is 11.8 Å². The lowest BCUT2D eigenvalue weighted by Gasteiger charge is -2.09. The van der Waals surface area contributed by atoms with Gasteiger partial charge in [0.05, 0.1) is 17.0 Å². The van der Waals surface area contributed by atoms with E-state index in [1.165, 1.54) is 24.3 Å². The number of hydrogen-bond acceptors (Lipinski definition) is 6. The number of nitrogens with two attached hydrogens (primary N) is 1. The molecule has 0 aliphatic rings. The van der Waals surface area contributed by atoms with Crippen molar-refractivity contribution in [3.63, 3.8) is 0 Å². The number of primary sulfonamides is 1.